The number of carbonyl (C=O) groups is 1. The summed E-state index contributed by atoms with van der Waals surface area (Å²) < 4.78 is 1.83. The summed E-state index contributed by atoms with van der Waals surface area (Å²) in [4.78, 5) is 28.9. The van der Waals surface area contributed by atoms with Crippen molar-refractivity contribution in [1.82, 2.24) is 34.5 Å². The van der Waals surface area contributed by atoms with Crippen LogP contribution in [0.3, 0.4) is 0 Å². The quantitative estimate of drug-likeness (QED) is 0.501. The van der Waals surface area contributed by atoms with Crippen molar-refractivity contribution in [3.8, 4) is 11.8 Å². The molecule has 1 fully saturated rings. The van der Waals surface area contributed by atoms with Gasteiger partial charge in [-0.3, -0.25) is 9.78 Å². The molecule has 1 aliphatic rings. The fourth-order valence-corrected chi connectivity index (χ4v) is 3.52. The third kappa shape index (κ3) is 4.54. The molecule has 4 rings (SSSR count). The summed E-state index contributed by atoms with van der Waals surface area (Å²) in [6.45, 7) is 1.94. The maximum Gasteiger partial charge on any atom is 0.246 e. The molecular weight excluding hydrogens is 392 g/mol. The lowest BCUT2D eigenvalue weighted by Crippen LogP contribution is -2.28. The highest BCUT2D eigenvalue weighted by molar-refractivity contribution is 5.91. The van der Waals surface area contributed by atoms with Crippen LogP contribution in [0.5, 0.6) is 0 Å². The number of fused-ring (bicyclic) bond motifs is 1. The number of nitrogens with zero attached hydrogens (tertiary/aromatic N) is 7. The number of nitrogen functional groups attached to an aromatic ring is 1. The summed E-state index contributed by atoms with van der Waals surface area (Å²) in [5.41, 5.74) is 8.06. The first-order valence-corrected chi connectivity index (χ1v) is 10.0. The van der Waals surface area contributed by atoms with Gasteiger partial charge < -0.3 is 15.5 Å². The fraction of sp³-hybridized carbons (Fsp3) is 0.318. The van der Waals surface area contributed by atoms with Crippen LogP contribution in [-0.4, -0.2) is 74.2 Å². The minimum Gasteiger partial charge on any atom is -0.383 e. The van der Waals surface area contributed by atoms with Gasteiger partial charge in [-0.05, 0) is 38.6 Å². The summed E-state index contributed by atoms with van der Waals surface area (Å²) in [7, 11) is 3.93. The van der Waals surface area contributed by atoms with E-state index in [1.165, 1.54) is 6.33 Å². The van der Waals surface area contributed by atoms with Crippen molar-refractivity contribution in [2.75, 3.05) is 39.5 Å². The van der Waals surface area contributed by atoms with Gasteiger partial charge in [-0.25, -0.2) is 14.6 Å². The van der Waals surface area contributed by atoms with Crippen molar-refractivity contribution in [1.29, 1.82) is 0 Å². The van der Waals surface area contributed by atoms with Gasteiger partial charge >= 0.3 is 0 Å². The number of rotatable bonds is 4. The molecule has 3 aromatic heterocycles. The number of amides is 1. The van der Waals surface area contributed by atoms with Crippen LogP contribution < -0.4 is 5.73 Å². The Hall–Kier alpha value is -3.77. The number of carbonyl (C=O) groups excluding carboxylic acids is 1. The molecule has 2 N–H and O–H groups in total. The van der Waals surface area contributed by atoms with Gasteiger partial charge in [-0.1, -0.05) is 12.0 Å². The van der Waals surface area contributed by atoms with Crippen molar-refractivity contribution in [3.63, 3.8) is 0 Å². The SMILES string of the molecule is CN(C)C/C=C/C(=O)N1CCC(n2nc(C#Cc3cccnc3)c3c(N)ncnc32)C1. The molecule has 4 heterocycles. The maximum absolute atomic E-state index is 12.5. The number of likely N-dealkylation sites (N-methyl/N-ethyl adjacent to an activating group) is 1. The van der Waals surface area contributed by atoms with E-state index in [1.54, 1.807) is 18.5 Å². The smallest absolute Gasteiger partial charge is 0.246 e. The molecule has 0 aliphatic carbocycles. The molecule has 1 atom stereocenters. The maximum atomic E-state index is 12.5. The highest BCUT2D eigenvalue weighted by Crippen LogP contribution is 2.28. The van der Waals surface area contributed by atoms with E-state index in [9.17, 15) is 4.79 Å². The molecule has 9 heteroatoms. The molecule has 1 aliphatic heterocycles. The standard InChI is InChI=1S/C22H24N8O/c1-28(2)11-4-6-19(31)29-12-9-17(14-29)30-22-20(21(23)25-15-26-22)18(27-30)8-7-16-5-3-10-24-13-16/h3-6,10,13,15,17H,9,11-12,14H2,1-2H3,(H2,23,25,26)/b6-4+. The zero-order chi connectivity index (χ0) is 21.8. The predicted octanol–water partition coefficient (Wildman–Crippen LogP) is 1.09. The van der Waals surface area contributed by atoms with Crippen LogP contribution in [0.2, 0.25) is 0 Å². The Bertz CT molecular complexity index is 1170. The summed E-state index contributed by atoms with van der Waals surface area (Å²) >= 11 is 0. The third-order valence-electron chi connectivity index (χ3n) is 5.06. The summed E-state index contributed by atoms with van der Waals surface area (Å²) in [5, 5.41) is 5.34. The molecule has 1 unspecified atom stereocenters. The minimum absolute atomic E-state index is 0.00283. The average molecular weight is 416 g/mol. The predicted molar refractivity (Wildman–Crippen MR) is 118 cm³/mol. The second kappa shape index (κ2) is 8.93. The number of likely N-dealkylation sites (tertiary alicyclic amines) is 1. The van der Waals surface area contributed by atoms with Crippen molar-refractivity contribution in [2.24, 2.45) is 0 Å². The third-order valence-corrected chi connectivity index (χ3v) is 5.06. The van der Waals surface area contributed by atoms with Gasteiger partial charge in [0.1, 0.15) is 17.8 Å². The van der Waals surface area contributed by atoms with Crippen LogP contribution in [-0.2, 0) is 4.79 Å². The average Bonchev–Trinajstić information content (AvgIpc) is 3.38. The molecule has 9 nitrogen and oxygen atoms in total. The second-order valence-electron chi connectivity index (χ2n) is 7.63. The van der Waals surface area contributed by atoms with Crippen LogP contribution in [0.15, 0.2) is 43.0 Å². The molecule has 0 aromatic carbocycles. The topological polar surface area (TPSA) is 106 Å². The number of nitrogens with two attached hydrogens (primary N) is 1. The summed E-state index contributed by atoms with van der Waals surface area (Å²) in [6, 6.07) is 3.70. The highest BCUT2D eigenvalue weighted by atomic mass is 16.2. The van der Waals surface area contributed by atoms with Crippen LogP contribution >= 0.6 is 0 Å². The fourth-order valence-electron chi connectivity index (χ4n) is 3.52. The lowest BCUT2D eigenvalue weighted by atomic mass is 10.2. The Balaban J connectivity index is 1.61. The van der Waals surface area contributed by atoms with Gasteiger partial charge in [-0.15, -0.1) is 0 Å². The molecule has 1 saturated heterocycles. The largest absolute Gasteiger partial charge is 0.383 e. The highest BCUT2D eigenvalue weighted by Gasteiger charge is 2.29. The summed E-state index contributed by atoms with van der Waals surface area (Å²) in [5.74, 6) is 6.49. The minimum atomic E-state index is -0.00283. The molecule has 3 aromatic rings. The van der Waals surface area contributed by atoms with Gasteiger partial charge in [0.15, 0.2) is 5.65 Å². The van der Waals surface area contributed by atoms with Crippen molar-refractivity contribution >= 4 is 22.8 Å². The molecule has 0 spiro atoms. The molecule has 0 bridgehead atoms. The number of pyridine rings is 1. The van der Waals surface area contributed by atoms with Crippen molar-refractivity contribution in [2.45, 2.75) is 12.5 Å². The van der Waals surface area contributed by atoms with E-state index >= 15 is 0 Å². The molecular formula is C22H24N8O. The zero-order valence-electron chi connectivity index (χ0n) is 17.6. The van der Waals surface area contributed by atoms with Crippen LogP contribution in [0.1, 0.15) is 23.7 Å². The van der Waals surface area contributed by atoms with Crippen LogP contribution in [0.25, 0.3) is 11.0 Å². The van der Waals surface area contributed by atoms with E-state index in [4.69, 9.17) is 10.8 Å². The number of hydrogen-bond donors (Lipinski definition) is 1. The Morgan fingerprint density at radius 1 is 1.35 bits per heavy atom. The molecule has 0 radical (unpaired) electrons. The zero-order valence-corrected chi connectivity index (χ0v) is 17.6. The van der Waals surface area contributed by atoms with E-state index in [0.717, 1.165) is 18.5 Å². The first-order chi connectivity index (χ1) is 15.0. The Labute approximate surface area is 180 Å². The van der Waals surface area contributed by atoms with Gasteiger partial charge in [-0.2, -0.15) is 5.10 Å². The lowest BCUT2D eigenvalue weighted by molar-refractivity contribution is -0.125. The van der Waals surface area contributed by atoms with Crippen LogP contribution in [0, 0.1) is 11.8 Å². The number of anilines is 1. The molecule has 1 amide bonds. The Morgan fingerprint density at radius 3 is 3.00 bits per heavy atom. The van der Waals surface area contributed by atoms with E-state index in [2.05, 4.69) is 26.8 Å². The van der Waals surface area contributed by atoms with Gasteiger partial charge in [0.2, 0.25) is 5.91 Å². The van der Waals surface area contributed by atoms with E-state index < -0.39 is 0 Å². The monoisotopic (exact) mass is 416 g/mol. The Kier molecular flexibility index (Phi) is 5.91. The number of hydrogen-bond acceptors (Lipinski definition) is 7. The normalized spacial score (nSPS) is 16.2. The molecule has 0 saturated carbocycles. The van der Waals surface area contributed by atoms with Gasteiger partial charge in [0.25, 0.3) is 0 Å². The lowest BCUT2D eigenvalue weighted by Gasteiger charge is -2.15. The van der Waals surface area contributed by atoms with Gasteiger partial charge in [0, 0.05) is 43.7 Å². The number of aromatic nitrogens is 5. The molecule has 158 valence electrons. The summed E-state index contributed by atoms with van der Waals surface area (Å²) in [6.07, 6.45) is 9.10. The molecule has 31 heavy (non-hydrogen) atoms. The first-order valence-electron chi connectivity index (χ1n) is 10.0. The van der Waals surface area contributed by atoms with Crippen molar-refractivity contribution in [3.05, 3.63) is 54.3 Å². The van der Waals surface area contributed by atoms with E-state index in [0.29, 0.717) is 35.6 Å². The first kappa shape index (κ1) is 20.5. The van der Waals surface area contributed by atoms with E-state index in [1.807, 2.05) is 46.8 Å². The van der Waals surface area contributed by atoms with E-state index in [-0.39, 0.29) is 11.9 Å². The van der Waals surface area contributed by atoms with Gasteiger partial charge in [0.05, 0.1) is 11.4 Å². The second-order valence-corrected chi connectivity index (χ2v) is 7.63. The van der Waals surface area contributed by atoms with Crippen LogP contribution in [0.4, 0.5) is 5.82 Å². The Morgan fingerprint density at radius 2 is 2.23 bits per heavy atom. The van der Waals surface area contributed by atoms with Crippen molar-refractivity contribution < 1.29 is 4.79 Å².